The number of carbonyl (C=O) groups excluding carboxylic acids is 1. The second-order valence-electron chi connectivity index (χ2n) is 5.29. The predicted molar refractivity (Wildman–Crippen MR) is 87.1 cm³/mol. The summed E-state index contributed by atoms with van der Waals surface area (Å²) in [6.07, 6.45) is 0.960. The zero-order valence-electron chi connectivity index (χ0n) is 12.4. The third kappa shape index (κ3) is 5.53. The highest BCUT2D eigenvalue weighted by atomic mass is 35.5. The lowest BCUT2D eigenvalue weighted by Crippen LogP contribution is -2.44. The van der Waals surface area contributed by atoms with Crippen LogP contribution in [0, 0.1) is 6.92 Å². The van der Waals surface area contributed by atoms with Crippen LogP contribution in [0.25, 0.3) is 0 Å². The van der Waals surface area contributed by atoms with Crippen LogP contribution in [0.15, 0.2) is 18.2 Å². The molecule has 1 aliphatic rings. The summed E-state index contributed by atoms with van der Waals surface area (Å²) in [7, 11) is 0. The number of amides is 2. The van der Waals surface area contributed by atoms with Gasteiger partial charge in [-0.2, -0.15) is 0 Å². The molecule has 21 heavy (non-hydrogen) atoms. The lowest BCUT2D eigenvalue weighted by Gasteiger charge is -2.27. The standard InChI is InChI=1S/C15H23ClN4O/c1-12-3-4-13(11-14(12)16)19-15(21)18-5-2-8-20-9-6-17-7-10-20/h3-4,11,17H,2,5-10H2,1H3,(H2,18,19,21). The molecule has 6 heteroatoms. The van der Waals surface area contributed by atoms with Gasteiger partial charge < -0.3 is 20.9 Å². The highest BCUT2D eigenvalue weighted by molar-refractivity contribution is 6.31. The van der Waals surface area contributed by atoms with E-state index in [-0.39, 0.29) is 6.03 Å². The van der Waals surface area contributed by atoms with Crippen molar-refractivity contribution in [2.75, 3.05) is 44.6 Å². The Morgan fingerprint density at radius 1 is 1.38 bits per heavy atom. The third-order valence-electron chi connectivity index (χ3n) is 3.58. The first-order chi connectivity index (χ1) is 10.1. The van der Waals surface area contributed by atoms with E-state index in [9.17, 15) is 4.79 Å². The van der Waals surface area contributed by atoms with E-state index in [1.807, 2.05) is 19.1 Å². The fraction of sp³-hybridized carbons (Fsp3) is 0.533. The van der Waals surface area contributed by atoms with Crippen molar-refractivity contribution < 1.29 is 4.79 Å². The molecule has 116 valence electrons. The van der Waals surface area contributed by atoms with Crippen LogP contribution in [-0.4, -0.2) is 50.2 Å². The number of urea groups is 1. The summed E-state index contributed by atoms with van der Waals surface area (Å²) >= 11 is 6.03. The normalized spacial score (nSPS) is 15.7. The summed E-state index contributed by atoms with van der Waals surface area (Å²) in [5, 5.41) is 9.65. The van der Waals surface area contributed by atoms with E-state index in [0.717, 1.165) is 44.7 Å². The van der Waals surface area contributed by atoms with Crippen molar-refractivity contribution >= 4 is 23.3 Å². The quantitative estimate of drug-likeness (QED) is 0.730. The Balaban J connectivity index is 1.63. The van der Waals surface area contributed by atoms with Crippen LogP contribution < -0.4 is 16.0 Å². The van der Waals surface area contributed by atoms with Gasteiger partial charge in [-0.25, -0.2) is 4.79 Å². The van der Waals surface area contributed by atoms with E-state index in [1.165, 1.54) is 0 Å². The van der Waals surface area contributed by atoms with Crippen molar-refractivity contribution in [2.24, 2.45) is 0 Å². The Labute approximate surface area is 131 Å². The van der Waals surface area contributed by atoms with Crippen LogP contribution in [-0.2, 0) is 0 Å². The molecule has 1 aliphatic heterocycles. The number of nitrogens with one attached hydrogen (secondary N) is 3. The van der Waals surface area contributed by atoms with Gasteiger partial charge in [0.15, 0.2) is 0 Å². The molecule has 0 bridgehead atoms. The molecule has 0 aliphatic carbocycles. The first-order valence-electron chi connectivity index (χ1n) is 7.39. The fourth-order valence-electron chi connectivity index (χ4n) is 2.29. The highest BCUT2D eigenvalue weighted by Gasteiger charge is 2.08. The number of benzene rings is 1. The van der Waals surface area contributed by atoms with Crippen molar-refractivity contribution in [3.8, 4) is 0 Å². The average Bonchev–Trinajstić information content (AvgIpc) is 2.49. The molecule has 1 aromatic rings. The average molecular weight is 311 g/mol. The number of carbonyl (C=O) groups is 1. The van der Waals surface area contributed by atoms with E-state index in [0.29, 0.717) is 17.3 Å². The van der Waals surface area contributed by atoms with Gasteiger partial charge in [-0.15, -0.1) is 0 Å². The van der Waals surface area contributed by atoms with E-state index >= 15 is 0 Å². The Morgan fingerprint density at radius 3 is 2.86 bits per heavy atom. The number of rotatable bonds is 5. The summed E-state index contributed by atoms with van der Waals surface area (Å²) in [5.74, 6) is 0. The van der Waals surface area contributed by atoms with Crippen molar-refractivity contribution in [1.82, 2.24) is 15.5 Å². The predicted octanol–water partition coefficient (Wildman–Crippen LogP) is 2.07. The second kappa shape index (κ2) is 8.22. The van der Waals surface area contributed by atoms with Crippen LogP contribution in [0.3, 0.4) is 0 Å². The number of hydrogen-bond acceptors (Lipinski definition) is 3. The maximum atomic E-state index is 11.8. The van der Waals surface area contributed by atoms with Gasteiger partial charge in [-0.05, 0) is 37.6 Å². The monoisotopic (exact) mass is 310 g/mol. The third-order valence-corrected chi connectivity index (χ3v) is 3.98. The maximum absolute atomic E-state index is 11.8. The number of nitrogens with zero attached hydrogens (tertiary/aromatic N) is 1. The SMILES string of the molecule is Cc1ccc(NC(=O)NCCCN2CCNCC2)cc1Cl. The molecule has 0 spiro atoms. The molecule has 0 atom stereocenters. The lowest BCUT2D eigenvalue weighted by atomic mass is 10.2. The van der Waals surface area contributed by atoms with Crippen LogP contribution in [0.2, 0.25) is 5.02 Å². The van der Waals surface area contributed by atoms with Crippen LogP contribution in [0.4, 0.5) is 10.5 Å². The van der Waals surface area contributed by atoms with Crippen LogP contribution in [0.5, 0.6) is 0 Å². The molecular weight excluding hydrogens is 288 g/mol. The number of anilines is 1. The molecule has 5 nitrogen and oxygen atoms in total. The van der Waals surface area contributed by atoms with Crippen molar-refractivity contribution in [1.29, 1.82) is 0 Å². The van der Waals surface area contributed by atoms with Crippen molar-refractivity contribution in [3.05, 3.63) is 28.8 Å². The summed E-state index contributed by atoms with van der Waals surface area (Å²) in [6.45, 7) is 7.93. The zero-order chi connectivity index (χ0) is 15.1. The van der Waals surface area contributed by atoms with Gasteiger partial charge in [0.25, 0.3) is 0 Å². The lowest BCUT2D eigenvalue weighted by molar-refractivity contribution is 0.234. The van der Waals surface area contributed by atoms with E-state index in [1.54, 1.807) is 6.07 Å². The molecule has 1 saturated heterocycles. The zero-order valence-corrected chi connectivity index (χ0v) is 13.2. The van der Waals surface area contributed by atoms with E-state index in [2.05, 4.69) is 20.9 Å². The number of aryl methyl sites for hydroxylation is 1. The summed E-state index contributed by atoms with van der Waals surface area (Å²) in [6, 6.07) is 5.32. The summed E-state index contributed by atoms with van der Waals surface area (Å²) in [4.78, 5) is 14.2. The second-order valence-corrected chi connectivity index (χ2v) is 5.70. The Hall–Kier alpha value is -1.30. The minimum atomic E-state index is -0.185. The molecule has 2 amide bonds. The molecule has 1 aromatic carbocycles. The van der Waals surface area contributed by atoms with Gasteiger partial charge in [0, 0.05) is 43.4 Å². The molecule has 1 fully saturated rings. The minimum absolute atomic E-state index is 0.185. The van der Waals surface area contributed by atoms with E-state index in [4.69, 9.17) is 11.6 Å². The molecule has 2 rings (SSSR count). The van der Waals surface area contributed by atoms with Gasteiger partial charge >= 0.3 is 6.03 Å². The van der Waals surface area contributed by atoms with Crippen LogP contribution >= 0.6 is 11.6 Å². The smallest absolute Gasteiger partial charge is 0.319 e. The first kappa shape index (κ1) is 16.1. The fourth-order valence-corrected chi connectivity index (χ4v) is 2.47. The Morgan fingerprint density at radius 2 is 2.14 bits per heavy atom. The molecular formula is C15H23ClN4O. The van der Waals surface area contributed by atoms with Crippen molar-refractivity contribution in [2.45, 2.75) is 13.3 Å². The molecule has 3 N–H and O–H groups in total. The summed E-state index contributed by atoms with van der Waals surface area (Å²) in [5.41, 5.74) is 1.71. The van der Waals surface area contributed by atoms with Gasteiger partial charge in [0.05, 0.1) is 0 Å². The van der Waals surface area contributed by atoms with E-state index < -0.39 is 0 Å². The Kier molecular flexibility index (Phi) is 6.29. The topological polar surface area (TPSA) is 56.4 Å². The first-order valence-corrected chi connectivity index (χ1v) is 7.77. The van der Waals surface area contributed by atoms with Gasteiger partial charge in [0.2, 0.25) is 0 Å². The largest absolute Gasteiger partial charge is 0.338 e. The highest BCUT2D eigenvalue weighted by Crippen LogP contribution is 2.19. The number of halogens is 1. The molecule has 0 aromatic heterocycles. The van der Waals surface area contributed by atoms with Gasteiger partial charge in [-0.1, -0.05) is 17.7 Å². The van der Waals surface area contributed by atoms with Crippen LogP contribution in [0.1, 0.15) is 12.0 Å². The Bertz CT molecular complexity index is 475. The number of hydrogen-bond donors (Lipinski definition) is 3. The molecule has 0 saturated carbocycles. The minimum Gasteiger partial charge on any atom is -0.338 e. The van der Waals surface area contributed by atoms with Crippen molar-refractivity contribution in [3.63, 3.8) is 0 Å². The van der Waals surface area contributed by atoms with Gasteiger partial charge in [0.1, 0.15) is 0 Å². The molecule has 1 heterocycles. The number of piperazine rings is 1. The summed E-state index contributed by atoms with van der Waals surface area (Å²) < 4.78 is 0. The van der Waals surface area contributed by atoms with Gasteiger partial charge in [-0.3, -0.25) is 0 Å². The molecule has 0 unspecified atom stereocenters. The maximum Gasteiger partial charge on any atom is 0.319 e. The molecule has 0 radical (unpaired) electrons.